The molecule has 1 atom stereocenters. The molecule has 0 amide bonds. The number of rotatable bonds is 4. The maximum absolute atomic E-state index is 6.21. The van der Waals surface area contributed by atoms with Gasteiger partial charge in [0.1, 0.15) is 17.0 Å². The lowest BCUT2D eigenvalue weighted by Gasteiger charge is -2.25. The van der Waals surface area contributed by atoms with Gasteiger partial charge in [-0.2, -0.15) is 0 Å². The number of nitrogens with one attached hydrogen (secondary N) is 1. The highest BCUT2D eigenvalue weighted by atomic mass is 32.1. The summed E-state index contributed by atoms with van der Waals surface area (Å²) in [5.41, 5.74) is 9.46. The van der Waals surface area contributed by atoms with Crippen molar-refractivity contribution in [3.05, 3.63) is 205 Å². The van der Waals surface area contributed by atoms with Gasteiger partial charge in [-0.1, -0.05) is 103 Å². The number of furan rings is 1. The van der Waals surface area contributed by atoms with Crippen LogP contribution < -0.4 is 5.32 Å². The molecule has 4 heterocycles. The van der Waals surface area contributed by atoms with Gasteiger partial charge in [0, 0.05) is 58.5 Å². The number of hydrogen-bond donors (Lipinski definition) is 1. The smallest absolute Gasteiger partial charge is 0.135 e. The largest absolute Gasteiger partial charge is 0.456 e. The fourth-order valence-electron chi connectivity index (χ4n) is 9.44. The van der Waals surface area contributed by atoms with Gasteiger partial charge < -0.3 is 14.3 Å². The van der Waals surface area contributed by atoms with E-state index >= 15 is 0 Å². The van der Waals surface area contributed by atoms with Gasteiger partial charge in [0.2, 0.25) is 0 Å². The first-order valence-corrected chi connectivity index (χ1v) is 20.9. The minimum atomic E-state index is -0.101. The second-order valence-electron chi connectivity index (χ2n) is 15.5. The summed E-state index contributed by atoms with van der Waals surface area (Å²) in [6.07, 6.45) is 2.27. The third kappa shape index (κ3) is 4.98. The number of fused-ring (bicyclic) bond motifs is 13. The van der Waals surface area contributed by atoms with Crippen LogP contribution in [-0.4, -0.2) is 10.4 Å². The average molecular weight is 772 g/mol. The van der Waals surface area contributed by atoms with Gasteiger partial charge in [-0.05, 0) is 112 Å². The predicted octanol–water partition coefficient (Wildman–Crippen LogP) is 14.5. The molecule has 276 valence electrons. The number of aromatic nitrogens is 1. The van der Waals surface area contributed by atoms with Gasteiger partial charge in [0.25, 0.3) is 0 Å². The molecular formula is C54H33N3OS. The third-order valence-corrected chi connectivity index (χ3v) is 13.4. The van der Waals surface area contributed by atoms with E-state index in [9.17, 15) is 0 Å². The monoisotopic (exact) mass is 771 g/mol. The van der Waals surface area contributed by atoms with Gasteiger partial charge >= 0.3 is 0 Å². The molecule has 1 aliphatic rings. The highest BCUT2D eigenvalue weighted by molar-refractivity contribution is 7.25. The number of amidine groups is 1. The summed E-state index contributed by atoms with van der Waals surface area (Å²) in [7, 11) is 0. The van der Waals surface area contributed by atoms with Gasteiger partial charge in [0.15, 0.2) is 0 Å². The summed E-state index contributed by atoms with van der Waals surface area (Å²) in [5, 5.41) is 16.2. The van der Waals surface area contributed by atoms with Crippen LogP contribution >= 0.6 is 11.3 Å². The van der Waals surface area contributed by atoms with Crippen molar-refractivity contribution < 1.29 is 4.42 Å². The van der Waals surface area contributed by atoms with Crippen molar-refractivity contribution in [3.63, 3.8) is 0 Å². The lowest BCUT2D eigenvalue weighted by atomic mass is 9.98. The average Bonchev–Trinajstić information content (AvgIpc) is 3.98. The van der Waals surface area contributed by atoms with E-state index in [4.69, 9.17) is 9.41 Å². The maximum Gasteiger partial charge on any atom is 0.135 e. The van der Waals surface area contributed by atoms with E-state index in [0.29, 0.717) is 0 Å². The molecule has 1 N–H and O–H groups in total. The summed E-state index contributed by atoms with van der Waals surface area (Å²) < 4.78 is 11.2. The van der Waals surface area contributed by atoms with Crippen molar-refractivity contribution >= 4 is 108 Å². The molecule has 0 radical (unpaired) electrons. The summed E-state index contributed by atoms with van der Waals surface area (Å²) in [6, 6.07) is 65.6. The standard InChI is InChI=1S/C54H33N3OS/c1-3-11-38-32(9-1)19-25-46-52(38)53-39-12-4-2-10-33(39)20-26-47(53)57(46)37-23-17-34(18-24-37)54-55-44(35-21-27-49-42(29-35)40-13-5-7-15-48(40)58-49)31-45(56-54)36-22-28-51-43(30-36)41-14-6-8-16-50(41)59-51/h1-31,45H,(H,55,56). The molecule has 3 aromatic heterocycles. The van der Waals surface area contributed by atoms with Crippen LogP contribution in [-0.2, 0) is 0 Å². The van der Waals surface area contributed by atoms with E-state index in [1.807, 2.05) is 23.5 Å². The molecule has 1 aliphatic heterocycles. The Balaban J connectivity index is 0.964. The van der Waals surface area contributed by atoms with Crippen LogP contribution in [0.25, 0.3) is 96.8 Å². The molecule has 12 aromatic rings. The van der Waals surface area contributed by atoms with Crippen LogP contribution in [0.5, 0.6) is 0 Å². The molecule has 59 heavy (non-hydrogen) atoms. The highest BCUT2D eigenvalue weighted by Crippen LogP contribution is 2.41. The van der Waals surface area contributed by atoms with Crippen LogP contribution in [0.4, 0.5) is 0 Å². The normalized spacial score (nSPS) is 14.6. The Morgan fingerprint density at radius 1 is 0.492 bits per heavy atom. The molecular weight excluding hydrogens is 739 g/mol. The van der Waals surface area contributed by atoms with Crippen LogP contribution in [0, 0.1) is 0 Å². The lowest BCUT2D eigenvalue weighted by Crippen LogP contribution is -2.31. The van der Waals surface area contributed by atoms with Gasteiger partial charge in [-0.25, -0.2) is 4.99 Å². The van der Waals surface area contributed by atoms with Gasteiger partial charge in [-0.3, -0.25) is 0 Å². The minimum Gasteiger partial charge on any atom is -0.456 e. The second kappa shape index (κ2) is 12.5. The number of benzene rings is 9. The number of thiophene rings is 1. The lowest BCUT2D eigenvalue weighted by molar-refractivity contribution is 0.669. The Morgan fingerprint density at radius 2 is 1.12 bits per heavy atom. The molecule has 0 aliphatic carbocycles. The van der Waals surface area contributed by atoms with Crippen LogP contribution in [0.2, 0.25) is 0 Å². The van der Waals surface area contributed by atoms with E-state index < -0.39 is 0 Å². The summed E-state index contributed by atoms with van der Waals surface area (Å²) in [6.45, 7) is 0. The third-order valence-electron chi connectivity index (χ3n) is 12.2. The first kappa shape index (κ1) is 32.6. The first-order valence-electron chi connectivity index (χ1n) is 20.1. The summed E-state index contributed by atoms with van der Waals surface area (Å²) in [4.78, 5) is 5.36. The number of aliphatic imine (C=N–C) groups is 1. The molecule has 5 heteroatoms. The van der Waals surface area contributed by atoms with E-state index in [2.05, 4.69) is 186 Å². The van der Waals surface area contributed by atoms with Crippen molar-refractivity contribution in [3.8, 4) is 5.69 Å². The first-order chi connectivity index (χ1) is 29.2. The molecule has 9 aromatic carbocycles. The highest BCUT2D eigenvalue weighted by Gasteiger charge is 2.23. The zero-order valence-electron chi connectivity index (χ0n) is 31.7. The molecule has 1 unspecified atom stereocenters. The minimum absolute atomic E-state index is 0.101. The Morgan fingerprint density at radius 3 is 1.88 bits per heavy atom. The quantitative estimate of drug-likeness (QED) is 0.194. The summed E-state index contributed by atoms with van der Waals surface area (Å²) in [5.74, 6) is 0.839. The van der Waals surface area contributed by atoms with E-state index in [1.165, 1.54) is 69.1 Å². The van der Waals surface area contributed by atoms with Gasteiger partial charge in [-0.15, -0.1) is 11.3 Å². The van der Waals surface area contributed by atoms with Crippen molar-refractivity contribution in [2.75, 3.05) is 0 Å². The van der Waals surface area contributed by atoms with Crippen molar-refractivity contribution in [1.82, 2.24) is 9.88 Å². The zero-order chi connectivity index (χ0) is 38.6. The molecule has 0 saturated heterocycles. The van der Waals surface area contributed by atoms with Crippen LogP contribution in [0.1, 0.15) is 22.7 Å². The maximum atomic E-state index is 6.21. The SMILES string of the molecule is C1=C(c2ccc3oc4ccccc4c3c2)N=C(c2ccc(-n3c4ccc5ccccc5c4c4c5ccccc5ccc43)cc2)NC1c1ccc2sc3ccccc3c2c1. The van der Waals surface area contributed by atoms with Crippen LogP contribution in [0.3, 0.4) is 0 Å². The van der Waals surface area contributed by atoms with E-state index in [0.717, 1.165) is 50.3 Å². The molecule has 0 saturated carbocycles. The van der Waals surface area contributed by atoms with Gasteiger partial charge in [0.05, 0.1) is 22.8 Å². The molecule has 0 fully saturated rings. The fourth-order valence-corrected chi connectivity index (χ4v) is 10.5. The molecule has 0 spiro atoms. The van der Waals surface area contributed by atoms with Crippen molar-refractivity contribution in [2.45, 2.75) is 6.04 Å². The predicted molar refractivity (Wildman–Crippen MR) is 249 cm³/mol. The number of hydrogen-bond acceptors (Lipinski definition) is 4. The molecule has 4 nitrogen and oxygen atoms in total. The second-order valence-corrected chi connectivity index (χ2v) is 16.6. The Kier molecular flexibility index (Phi) is 6.91. The Bertz CT molecular complexity index is 3680. The Hall–Kier alpha value is -7.47. The van der Waals surface area contributed by atoms with Crippen LogP contribution in [0.15, 0.2) is 197 Å². The Labute approximate surface area is 342 Å². The molecule has 0 bridgehead atoms. The van der Waals surface area contributed by atoms with E-state index in [1.54, 1.807) is 0 Å². The van der Waals surface area contributed by atoms with Crippen molar-refractivity contribution in [1.29, 1.82) is 0 Å². The topological polar surface area (TPSA) is 42.5 Å². The van der Waals surface area contributed by atoms with Crippen molar-refractivity contribution in [2.24, 2.45) is 4.99 Å². The zero-order valence-corrected chi connectivity index (χ0v) is 32.5. The summed E-state index contributed by atoms with van der Waals surface area (Å²) >= 11 is 1.85. The van der Waals surface area contributed by atoms with E-state index in [-0.39, 0.29) is 6.04 Å². The fraction of sp³-hybridized carbons (Fsp3) is 0.0185. The number of para-hydroxylation sites is 1. The molecule has 13 rings (SSSR count). The number of nitrogens with zero attached hydrogens (tertiary/aromatic N) is 2.